The number of phenols is 3. The van der Waals surface area contributed by atoms with Crippen molar-refractivity contribution in [1.29, 1.82) is 0 Å². The van der Waals surface area contributed by atoms with Gasteiger partial charge in [-0.25, -0.2) is 0 Å². The summed E-state index contributed by atoms with van der Waals surface area (Å²) in [5.41, 5.74) is 10.9. The van der Waals surface area contributed by atoms with E-state index in [4.69, 9.17) is 63.1 Å². The van der Waals surface area contributed by atoms with Gasteiger partial charge in [-0.15, -0.1) is 0 Å². The molecule has 13 rings (SSSR count). The summed E-state index contributed by atoms with van der Waals surface area (Å²) in [5.74, 6) is -16.1. The summed E-state index contributed by atoms with van der Waals surface area (Å²) in [6.45, 7) is 10.2. The van der Waals surface area contributed by atoms with Gasteiger partial charge >= 0.3 is 0 Å². The van der Waals surface area contributed by atoms with E-state index < -0.39 is 250 Å². The highest BCUT2D eigenvalue weighted by Gasteiger charge is 2.52. The number of aliphatic hydroxyl groups is 6. The van der Waals surface area contributed by atoms with Gasteiger partial charge in [-0.05, 0) is 148 Å². The minimum absolute atomic E-state index is 0.107. The molecule has 7 aliphatic heterocycles. The topological polar surface area (TPSA) is 551 Å². The van der Waals surface area contributed by atoms with E-state index in [1.807, 2.05) is 32.9 Å². The Kier molecular flexibility index (Phi) is 25.7. The van der Waals surface area contributed by atoms with Crippen molar-refractivity contribution in [2.24, 2.45) is 17.4 Å². The van der Waals surface area contributed by atoms with Crippen molar-refractivity contribution in [2.75, 3.05) is 25.5 Å². The Balaban J connectivity index is 1.13. The highest BCUT2D eigenvalue weighted by atomic mass is 35.5. The third-order valence-electron chi connectivity index (χ3n) is 20.2. The number of hydrogen-bond donors (Lipinski definition) is 20. The molecular formula is C77H89Cl2N11O24. The Morgan fingerprint density at radius 2 is 1.30 bits per heavy atom. The van der Waals surface area contributed by atoms with E-state index in [2.05, 4.69) is 47.9 Å². The van der Waals surface area contributed by atoms with Gasteiger partial charge in [0.05, 0.1) is 47.9 Å². The van der Waals surface area contributed by atoms with Gasteiger partial charge in [-0.3, -0.25) is 43.2 Å². The number of halogens is 2. The first-order valence-electron chi connectivity index (χ1n) is 36.2. The number of aromatic hydroxyl groups is 3. The summed E-state index contributed by atoms with van der Waals surface area (Å²) in [4.78, 5) is 134. The molecule has 37 heteroatoms. The van der Waals surface area contributed by atoms with E-state index in [9.17, 15) is 69.9 Å². The van der Waals surface area contributed by atoms with Crippen molar-refractivity contribution < 1.29 is 118 Å². The van der Waals surface area contributed by atoms with Crippen LogP contribution < -0.4 is 73.5 Å². The van der Waals surface area contributed by atoms with Crippen LogP contribution in [0.4, 0.5) is 5.69 Å². The second-order valence-electron chi connectivity index (χ2n) is 29.4. The van der Waals surface area contributed by atoms with Gasteiger partial charge in [0.1, 0.15) is 95.5 Å². The Labute approximate surface area is 661 Å². The molecule has 18 atom stereocenters. The molecule has 610 valence electrons. The average Bonchev–Trinajstić information content (AvgIpc) is 0.766. The molecule has 0 radical (unpaired) electrons. The third-order valence-corrected chi connectivity index (χ3v) is 20.7. The molecule has 0 aliphatic carbocycles. The van der Waals surface area contributed by atoms with E-state index in [1.165, 1.54) is 33.0 Å². The Hall–Kier alpha value is -10.5. The normalized spacial score (nSPS) is 27.3. The van der Waals surface area contributed by atoms with Gasteiger partial charge < -0.3 is 134 Å². The van der Waals surface area contributed by atoms with Crippen LogP contribution >= 0.6 is 23.2 Å². The second-order valence-corrected chi connectivity index (χ2v) is 30.2. The first-order valence-corrected chi connectivity index (χ1v) is 37.0. The summed E-state index contributed by atoms with van der Waals surface area (Å²) in [5, 5.41) is 128. The van der Waals surface area contributed by atoms with Crippen molar-refractivity contribution >= 4 is 82.1 Å². The van der Waals surface area contributed by atoms with Crippen LogP contribution in [0.15, 0.2) is 91.0 Å². The Morgan fingerprint density at radius 1 is 0.693 bits per heavy atom. The summed E-state index contributed by atoms with van der Waals surface area (Å²) >= 11 is 14.3. The molecule has 2 fully saturated rings. The van der Waals surface area contributed by atoms with Crippen molar-refractivity contribution in [2.45, 2.75) is 177 Å². The summed E-state index contributed by atoms with van der Waals surface area (Å²) < 4.78 is 38.6. The minimum Gasteiger partial charge on any atom is -0.508 e. The lowest BCUT2D eigenvalue weighted by Gasteiger charge is -2.47. The van der Waals surface area contributed by atoms with Crippen LogP contribution in [-0.4, -0.2) is 198 Å². The van der Waals surface area contributed by atoms with Crippen molar-refractivity contribution in [3.05, 3.63) is 146 Å². The maximum atomic E-state index is 16.3. The number of carbonyl (C=O) groups excluding carboxylic acids is 9. The number of benzene rings is 6. The van der Waals surface area contributed by atoms with E-state index >= 15 is 19.2 Å². The number of ether oxygens (including phenoxy) is 6. The molecule has 22 N–H and O–H groups in total. The fraction of sp³-hybridized carbons (Fsp3) is 0.416. The molecule has 0 saturated carbocycles. The van der Waals surface area contributed by atoms with E-state index in [1.54, 1.807) is 13.8 Å². The monoisotopic (exact) mass is 1620 g/mol. The Morgan fingerprint density at radius 3 is 1.89 bits per heavy atom. The number of aliphatic hydroxyl groups excluding tert-OH is 6. The largest absolute Gasteiger partial charge is 0.508 e. The summed E-state index contributed by atoms with van der Waals surface area (Å²) in [7, 11) is 1.47. The zero-order valence-electron chi connectivity index (χ0n) is 62.6. The number of likely N-dealkylation sites (N-methyl/N-ethyl adjacent to an activating group) is 1. The molecule has 2 saturated heterocycles. The van der Waals surface area contributed by atoms with Gasteiger partial charge in [-0.1, -0.05) is 72.9 Å². The van der Waals surface area contributed by atoms with Gasteiger partial charge in [0.15, 0.2) is 23.9 Å². The number of aryl methyl sites for hydroxylation is 3. The maximum absolute atomic E-state index is 16.3. The highest BCUT2D eigenvalue weighted by molar-refractivity contribution is 6.32. The molecule has 7 aliphatic rings. The number of nitrogens with one attached hydrogen (secondary N) is 9. The lowest BCUT2D eigenvalue weighted by Crippen LogP contribution is -2.64. The molecule has 11 bridgehead atoms. The fourth-order valence-electron chi connectivity index (χ4n) is 14.3. The lowest BCUT2D eigenvalue weighted by atomic mass is 9.86. The number of anilines is 1. The zero-order valence-corrected chi connectivity index (χ0v) is 64.2. The maximum Gasteiger partial charge on any atom is 0.248 e. The number of primary amides is 1. The molecule has 6 aromatic rings. The molecule has 7 heterocycles. The molecular weight excluding hydrogens is 1530 g/mol. The number of hydrogen-bond acceptors (Lipinski definition) is 26. The third kappa shape index (κ3) is 18.3. The smallest absolute Gasteiger partial charge is 0.248 e. The second kappa shape index (κ2) is 34.7. The number of amides is 9. The van der Waals surface area contributed by atoms with Gasteiger partial charge in [-0.2, -0.15) is 0 Å². The molecule has 6 aromatic carbocycles. The molecule has 9 amide bonds. The molecule has 114 heavy (non-hydrogen) atoms. The van der Waals surface area contributed by atoms with Gasteiger partial charge in [0, 0.05) is 34.8 Å². The first kappa shape index (κ1) is 84.4. The van der Waals surface area contributed by atoms with Crippen LogP contribution in [0.1, 0.15) is 122 Å². The SMILES string of the molecule is CN[C@H](CC(C)C)C(=O)N[C@H]1C(=O)N[C@@H](CC(N)=O)C(=O)NC2C(=O)N[C@H]3C(=O)N[C@H](C(=O)NC(C(=O)NCC(=O)Nc4c(C)cc(C)cc4C)c4cc(O)cc(O)c4-c4cc3ccc4O)[C@H](O)c3ccc(c(Cl)c3)Oc3cc2cc(c3O[C@@H]2O[C@H](CO)[C@@H](O)[C@H](O)[C@H]2OC2C[C@](C)(N)[C@H](O)[C@H](C)O2)Oc2ccc(cc2Cl)[C@H]1O. The molecule has 3 unspecified atom stereocenters. The number of rotatable bonds is 16. The Bertz CT molecular complexity index is 4740. The summed E-state index contributed by atoms with van der Waals surface area (Å²) in [6, 6.07) is 3.23. The molecule has 0 spiro atoms. The number of phenolic OH excluding ortho intramolecular Hbond substituents is 3. The zero-order chi connectivity index (χ0) is 83.0. The highest BCUT2D eigenvalue weighted by Crippen LogP contribution is 2.50. The van der Waals surface area contributed by atoms with Crippen molar-refractivity contribution in [1.82, 2.24) is 42.5 Å². The lowest BCUT2D eigenvalue weighted by molar-refractivity contribution is -0.333. The molecule has 0 aromatic heterocycles. The number of carbonyl (C=O) groups is 9. The van der Waals surface area contributed by atoms with Crippen LogP contribution in [0, 0.1) is 26.7 Å². The van der Waals surface area contributed by atoms with Gasteiger partial charge in [0.2, 0.25) is 65.2 Å². The van der Waals surface area contributed by atoms with Crippen LogP contribution in [0.5, 0.6) is 46.0 Å². The standard InChI is InChI=1S/C77H89Cl2N11O24/c1-29(2)15-43(82-8)69(102)89-60-62(97)35-10-13-47(41(78)19-35)110-49-21-37-22-50(66(49)114-76-67(65(100)64(99)51(28-91)112-76)113-54-26-77(7,81)68(101)33(6)109-54)111-48-14-11-36(20-42(48)79)63(98)61-75(108)88-59(71(104)83-27-53(96)85-56-31(4)16-30(3)17-32(56)5)40-23-38(92)24-46(94)55(40)39-18-34(9-12-45(39)93)57(72(105)90-61)87-73(106)58(37)86-70(103)44(25-52(80)95)84-74(60)107/h9-14,16-24,29,33,43-44,51,54,57-65,67-68,76,82,91-94,97-101H,15,25-28,81H2,1-8H3,(H2,80,95)(H,83,104)(H,84,107)(H,85,96)(H,86,103)(H,87,106)(H,88,108)(H,89,102)(H,90,105)/t33-,43+,44-,51+,54?,57+,58?,59?,60+,61-,62+,63+,64+,65-,67+,68+,76-,77-/m0/s1. The van der Waals surface area contributed by atoms with E-state index in [-0.39, 0.29) is 46.2 Å². The number of nitrogens with two attached hydrogens (primary N) is 2. The van der Waals surface area contributed by atoms with Crippen molar-refractivity contribution in [3.8, 4) is 57.1 Å². The average molecular weight is 1620 g/mol. The van der Waals surface area contributed by atoms with Crippen molar-refractivity contribution in [3.63, 3.8) is 0 Å². The minimum atomic E-state index is -2.37. The quantitative estimate of drug-likeness (QED) is 0.0656. The van der Waals surface area contributed by atoms with E-state index in [0.717, 1.165) is 72.3 Å². The van der Waals surface area contributed by atoms with E-state index in [0.29, 0.717) is 16.8 Å². The van der Waals surface area contributed by atoms with Crippen LogP contribution in [0.25, 0.3) is 11.1 Å². The molecule has 35 nitrogen and oxygen atoms in total. The van der Waals surface area contributed by atoms with Crippen LogP contribution in [0.3, 0.4) is 0 Å². The predicted octanol–water partition coefficient (Wildman–Crippen LogP) is 1.70. The van der Waals surface area contributed by atoms with Gasteiger partial charge in [0.25, 0.3) is 0 Å². The van der Waals surface area contributed by atoms with Crippen LogP contribution in [-0.2, 0) is 57.4 Å². The predicted molar refractivity (Wildman–Crippen MR) is 404 cm³/mol. The number of fused-ring (bicyclic) bond motifs is 15. The summed E-state index contributed by atoms with van der Waals surface area (Å²) in [6.07, 6.45) is -18.7. The fourth-order valence-corrected chi connectivity index (χ4v) is 14.8. The first-order chi connectivity index (χ1) is 53.8. The van der Waals surface area contributed by atoms with Crippen LogP contribution in [0.2, 0.25) is 10.0 Å².